The Morgan fingerprint density at radius 1 is 1.53 bits per heavy atom. The summed E-state index contributed by atoms with van der Waals surface area (Å²) < 4.78 is 1.98. The molecule has 1 atom stereocenters. The van der Waals surface area contributed by atoms with Crippen molar-refractivity contribution >= 4 is 17.2 Å². The third kappa shape index (κ3) is 1.71. The van der Waals surface area contributed by atoms with E-state index in [0.29, 0.717) is 11.4 Å². The normalized spacial score (nSPS) is 12.4. The van der Waals surface area contributed by atoms with Crippen molar-refractivity contribution in [2.75, 3.05) is 5.73 Å². The summed E-state index contributed by atoms with van der Waals surface area (Å²) in [4.78, 5) is 4.30. The fourth-order valence-corrected chi connectivity index (χ4v) is 2.73. The Labute approximate surface area is 104 Å². The lowest BCUT2D eigenvalue weighted by Crippen LogP contribution is -2.11. The first-order valence-corrected chi connectivity index (χ1v) is 6.22. The van der Waals surface area contributed by atoms with Crippen LogP contribution in [-0.2, 0) is 0 Å². The zero-order valence-corrected chi connectivity index (χ0v) is 10.9. The van der Waals surface area contributed by atoms with Crippen LogP contribution >= 0.6 is 11.3 Å². The summed E-state index contributed by atoms with van der Waals surface area (Å²) in [7, 11) is 0. The molecule has 2 aromatic rings. The van der Waals surface area contributed by atoms with E-state index in [9.17, 15) is 0 Å². The number of hydrogen-bond donors (Lipinski definition) is 1. The number of nitrogens with two attached hydrogens (primary N) is 1. The van der Waals surface area contributed by atoms with E-state index >= 15 is 0 Å². The van der Waals surface area contributed by atoms with Crippen LogP contribution in [0.4, 0.5) is 5.82 Å². The lowest BCUT2D eigenvalue weighted by molar-refractivity contribution is 0.629. The first-order chi connectivity index (χ1) is 8.07. The van der Waals surface area contributed by atoms with E-state index in [-0.39, 0.29) is 6.04 Å². The zero-order valence-electron chi connectivity index (χ0n) is 10.1. The summed E-state index contributed by atoms with van der Waals surface area (Å²) in [6.07, 6.45) is 1.78. The second-order valence-corrected chi connectivity index (χ2v) is 4.92. The second kappa shape index (κ2) is 4.22. The highest BCUT2D eigenvalue weighted by molar-refractivity contribution is 7.09. The number of anilines is 1. The minimum atomic E-state index is 0.0656. The SMILES string of the molecule is Cc1c(C#N)c(N)n(C(C)c2nccs2)c1C. The molecule has 17 heavy (non-hydrogen) atoms. The van der Waals surface area contributed by atoms with Crippen molar-refractivity contribution in [3.63, 3.8) is 0 Å². The van der Waals surface area contributed by atoms with Crippen LogP contribution in [0.15, 0.2) is 11.6 Å². The molecule has 2 rings (SSSR count). The van der Waals surface area contributed by atoms with Crippen LogP contribution in [0.25, 0.3) is 0 Å². The molecular weight excluding hydrogens is 232 g/mol. The molecule has 0 saturated heterocycles. The molecule has 88 valence electrons. The fourth-order valence-electron chi connectivity index (χ4n) is 2.05. The molecule has 0 aromatic carbocycles. The maximum Gasteiger partial charge on any atom is 0.122 e. The fraction of sp³-hybridized carbons (Fsp3) is 0.333. The first-order valence-electron chi connectivity index (χ1n) is 5.34. The van der Waals surface area contributed by atoms with Crippen LogP contribution in [0.3, 0.4) is 0 Å². The van der Waals surface area contributed by atoms with Gasteiger partial charge in [0, 0.05) is 17.3 Å². The van der Waals surface area contributed by atoms with Crippen LogP contribution in [0.1, 0.15) is 34.8 Å². The number of thiazole rings is 1. The monoisotopic (exact) mass is 246 g/mol. The van der Waals surface area contributed by atoms with E-state index in [2.05, 4.69) is 11.1 Å². The van der Waals surface area contributed by atoms with Crippen molar-refractivity contribution in [3.8, 4) is 6.07 Å². The van der Waals surface area contributed by atoms with Gasteiger partial charge >= 0.3 is 0 Å². The van der Waals surface area contributed by atoms with E-state index in [4.69, 9.17) is 11.0 Å². The van der Waals surface area contributed by atoms with E-state index in [0.717, 1.165) is 16.3 Å². The van der Waals surface area contributed by atoms with Crippen molar-refractivity contribution in [1.29, 1.82) is 5.26 Å². The highest BCUT2D eigenvalue weighted by Crippen LogP contribution is 2.31. The van der Waals surface area contributed by atoms with Gasteiger partial charge in [-0.15, -0.1) is 11.3 Å². The molecule has 0 aliphatic rings. The molecule has 5 heteroatoms. The summed E-state index contributed by atoms with van der Waals surface area (Å²) >= 11 is 1.60. The van der Waals surface area contributed by atoms with Crippen molar-refractivity contribution in [2.45, 2.75) is 26.8 Å². The average Bonchev–Trinajstić information content (AvgIpc) is 2.88. The van der Waals surface area contributed by atoms with E-state index in [1.165, 1.54) is 0 Å². The summed E-state index contributed by atoms with van der Waals surface area (Å²) in [5.41, 5.74) is 8.60. The Morgan fingerprint density at radius 2 is 2.24 bits per heavy atom. The minimum Gasteiger partial charge on any atom is -0.384 e. The molecule has 0 aliphatic carbocycles. The van der Waals surface area contributed by atoms with Gasteiger partial charge in [0.15, 0.2) is 0 Å². The molecule has 0 bridgehead atoms. The van der Waals surface area contributed by atoms with Gasteiger partial charge in [-0.05, 0) is 26.3 Å². The van der Waals surface area contributed by atoms with Crippen molar-refractivity contribution in [1.82, 2.24) is 9.55 Å². The van der Waals surface area contributed by atoms with Gasteiger partial charge in [-0.1, -0.05) is 0 Å². The molecule has 0 saturated carbocycles. The third-order valence-electron chi connectivity index (χ3n) is 3.10. The molecule has 0 amide bonds. The predicted octanol–water partition coefficient (Wildman–Crippen LogP) is 2.62. The third-order valence-corrected chi connectivity index (χ3v) is 4.05. The maximum absolute atomic E-state index is 9.09. The summed E-state index contributed by atoms with van der Waals surface area (Å²) in [5.74, 6) is 0.533. The first kappa shape index (κ1) is 11.7. The number of nitrogen functional groups attached to an aromatic ring is 1. The van der Waals surface area contributed by atoms with Crippen LogP contribution in [-0.4, -0.2) is 9.55 Å². The average molecular weight is 246 g/mol. The lowest BCUT2D eigenvalue weighted by atomic mass is 10.2. The Balaban J connectivity index is 2.58. The van der Waals surface area contributed by atoms with Gasteiger partial charge in [0.25, 0.3) is 0 Å². The number of aromatic nitrogens is 2. The smallest absolute Gasteiger partial charge is 0.122 e. The standard InChI is InChI=1S/C12H14N4S/c1-7-8(2)16(11(14)10(7)6-13)9(3)12-15-4-5-17-12/h4-5,9H,14H2,1-3H3. The Bertz CT molecular complexity index is 575. The van der Waals surface area contributed by atoms with Gasteiger partial charge in [-0.3, -0.25) is 0 Å². The maximum atomic E-state index is 9.09. The van der Waals surface area contributed by atoms with Gasteiger partial charge < -0.3 is 10.3 Å². The van der Waals surface area contributed by atoms with E-state index in [1.807, 2.05) is 30.7 Å². The van der Waals surface area contributed by atoms with Gasteiger partial charge in [-0.2, -0.15) is 5.26 Å². The van der Waals surface area contributed by atoms with E-state index < -0.39 is 0 Å². The van der Waals surface area contributed by atoms with Gasteiger partial charge in [0.2, 0.25) is 0 Å². The van der Waals surface area contributed by atoms with Crippen LogP contribution < -0.4 is 5.73 Å². The molecule has 0 spiro atoms. The van der Waals surface area contributed by atoms with Crippen molar-refractivity contribution < 1.29 is 0 Å². The second-order valence-electron chi connectivity index (χ2n) is 4.00. The van der Waals surface area contributed by atoms with E-state index in [1.54, 1.807) is 17.5 Å². The van der Waals surface area contributed by atoms with Gasteiger partial charge in [0.1, 0.15) is 16.9 Å². The largest absolute Gasteiger partial charge is 0.384 e. The minimum absolute atomic E-state index is 0.0656. The molecule has 1 unspecified atom stereocenters. The lowest BCUT2D eigenvalue weighted by Gasteiger charge is -2.15. The highest BCUT2D eigenvalue weighted by Gasteiger charge is 2.21. The molecule has 2 heterocycles. The summed E-state index contributed by atoms with van der Waals surface area (Å²) in [6, 6.07) is 2.23. The summed E-state index contributed by atoms with van der Waals surface area (Å²) in [5, 5.41) is 12.0. The van der Waals surface area contributed by atoms with Gasteiger partial charge in [-0.25, -0.2) is 4.98 Å². The molecule has 0 radical (unpaired) electrons. The molecule has 2 aromatic heterocycles. The molecule has 0 aliphatic heterocycles. The van der Waals surface area contributed by atoms with Crippen molar-refractivity contribution in [3.05, 3.63) is 33.4 Å². The van der Waals surface area contributed by atoms with Crippen molar-refractivity contribution in [2.24, 2.45) is 0 Å². The number of nitrogens with zero attached hydrogens (tertiary/aromatic N) is 3. The van der Waals surface area contributed by atoms with Crippen LogP contribution in [0.2, 0.25) is 0 Å². The topological polar surface area (TPSA) is 67.6 Å². The van der Waals surface area contributed by atoms with Crippen LogP contribution in [0, 0.1) is 25.2 Å². The molecule has 4 nitrogen and oxygen atoms in total. The number of hydrogen-bond acceptors (Lipinski definition) is 4. The van der Waals surface area contributed by atoms with Crippen LogP contribution in [0.5, 0.6) is 0 Å². The number of rotatable bonds is 2. The quantitative estimate of drug-likeness (QED) is 0.885. The summed E-state index contributed by atoms with van der Waals surface area (Å²) in [6.45, 7) is 5.95. The van der Waals surface area contributed by atoms with Gasteiger partial charge in [0.05, 0.1) is 11.6 Å². The molecule has 2 N–H and O–H groups in total. The Hall–Kier alpha value is -1.80. The zero-order chi connectivity index (χ0) is 12.6. The highest BCUT2D eigenvalue weighted by atomic mass is 32.1. The predicted molar refractivity (Wildman–Crippen MR) is 69.0 cm³/mol. The molecule has 0 fully saturated rings. The molecular formula is C12H14N4S. The number of nitriles is 1. The Kier molecular flexibility index (Phi) is 2.90. The Morgan fingerprint density at radius 3 is 2.71 bits per heavy atom.